The first kappa shape index (κ1) is 21.5. The zero-order valence-electron chi connectivity index (χ0n) is 15.9. The Hall–Kier alpha value is -2.80. The number of amides is 1. The molecule has 0 aliphatic rings. The smallest absolute Gasteiger partial charge is 0.265 e. The summed E-state index contributed by atoms with van der Waals surface area (Å²) in [6, 6.07) is 11.1. The highest BCUT2D eigenvalue weighted by atomic mass is 79.9. The highest BCUT2D eigenvalue weighted by Gasteiger charge is 2.11. The highest BCUT2D eigenvalue weighted by Crippen LogP contribution is 2.36. The van der Waals surface area contributed by atoms with E-state index < -0.39 is 0 Å². The molecular weight excluding hydrogens is 424 g/mol. The van der Waals surface area contributed by atoms with Gasteiger partial charge in [0.15, 0.2) is 18.1 Å². The van der Waals surface area contributed by atoms with Crippen molar-refractivity contribution in [3.8, 4) is 11.5 Å². The van der Waals surface area contributed by atoms with Gasteiger partial charge < -0.3 is 19.6 Å². The van der Waals surface area contributed by atoms with Gasteiger partial charge in [-0.2, -0.15) is 0 Å². The minimum Gasteiger partial charge on any atom is -0.490 e. The van der Waals surface area contributed by atoms with Crippen LogP contribution in [0.2, 0.25) is 0 Å². The van der Waals surface area contributed by atoms with Crippen molar-refractivity contribution < 1.29 is 19.1 Å². The van der Waals surface area contributed by atoms with Crippen molar-refractivity contribution in [1.82, 2.24) is 0 Å². The van der Waals surface area contributed by atoms with Gasteiger partial charge in [-0.25, -0.2) is 0 Å². The SMILES string of the molecule is C=CCOc1c(Br)cc(/C=N/OCC(=O)Nc2ccc(C)cc2)cc1OCC. The maximum absolute atomic E-state index is 11.9. The molecule has 7 heteroatoms. The second-order valence-electron chi connectivity index (χ2n) is 5.78. The van der Waals surface area contributed by atoms with Crippen LogP contribution in [0.1, 0.15) is 18.1 Å². The standard InChI is InChI=1S/C21H23BrN2O4/c1-4-10-27-21-18(22)11-16(12-19(21)26-5-2)13-23-28-14-20(25)24-17-8-6-15(3)7-9-17/h4,6-9,11-13H,1,5,10,14H2,2-3H3,(H,24,25)/b23-13+. The number of hydrogen-bond acceptors (Lipinski definition) is 5. The van der Waals surface area contributed by atoms with Gasteiger partial charge in [0, 0.05) is 11.3 Å². The monoisotopic (exact) mass is 446 g/mol. The lowest BCUT2D eigenvalue weighted by Crippen LogP contribution is -2.16. The average Bonchev–Trinajstić information content (AvgIpc) is 2.67. The number of oxime groups is 1. The summed E-state index contributed by atoms with van der Waals surface area (Å²) < 4.78 is 12.0. The van der Waals surface area contributed by atoms with Crippen molar-refractivity contribution in [2.75, 3.05) is 25.1 Å². The van der Waals surface area contributed by atoms with E-state index in [1.807, 2.05) is 44.2 Å². The zero-order valence-corrected chi connectivity index (χ0v) is 17.5. The van der Waals surface area contributed by atoms with E-state index in [4.69, 9.17) is 14.3 Å². The number of aryl methyl sites for hydroxylation is 1. The quantitative estimate of drug-likeness (QED) is 0.326. The number of nitrogens with one attached hydrogen (secondary N) is 1. The minimum atomic E-state index is -0.287. The van der Waals surface area contributed by atoms with Crippen molar-refractivity contribution in [3.05, 3.63) is 64.7 Å². The summed E-state index contributed by atoms with van der Waals surface area (Å²) in [6.07, 6.45) is 3.16. The Morgan fingerprint density at radius 3 is 2.68 bits per heavy atom. The number of hydrogen-bond donors (Lipinski definition) is 1. The summed E-state index contributed by atoms with van der Waals surface area (Å²) in [4.78, 5) is 17.0. The molecule has 0 aliphatic heterocycles. The molecular formula is C21H23BrN2O4. The van der Waals surface area contributed by atoms with Crippen LogP contribution in [0, 0.1) is 6.92 Å². The molecule has 28 heavy (non-hydrogen) atoms. The van der Waals surface area contributed by atoms with Crippen molar-refractivity contribution in [2.45, 2.75) is 13.8 Å². The Kier molecular flexibility index (Phi) is 8.55. The fourth-order valence-corrected chi connectivity index (χ4v) is 2.81. The predicted octanol–water partition coefficient (Wildman–Crippen LogP) is 4.71. The molecule has 0 heterocycles. The minimum absolute atomic E-state index is 0.190. The molecule has 0 spiro atoms. The first-order chi connectivity index (χ1) is 13.5. The first-order valence-electron chi connectivity index (χ1n) is 8.75. The number of anilines is 1. The lowest BCUT2D eigenvalue weighted by Gasteiger charge is -2.13. The van der Waals surface area contributed by atoms with Crippen LogP contribution in [0.4, 0.5) is 5.69 Å². The number of carbonyl (C=O) groups excluding carboxylic acids is 1. The summed E-state index contributed by atoms with van der Waals surface area (Å²) >= 11 is 3.47. The lowest BCUT2D eigenvalue weighted by atomic mass is 10.2. The van der Waals surface area contributed by atoms with Gasteiger partial charge in [-0.15, -0.1) is 0 Å². The summed E-state index contributed by atoms with van der Waals surface area (Å²) in [7, 11) is 0. The third-order valence-corrected chi connectivity index (χ3v) is 4.07. The maximum Gasteiger partial charge on any atom is 0.265 e. The first-order valence-corrected chi connectivity index (χ1v) is 9.54. The summed E-state index contributed by atoms with van der Waals surface area (Å²) in [6.45, 7) is 8.18. The number of halogens is 1. The van der Waals surface area contributed by atoms with Crippen LogP contribution in [0.15, 0.2) is 58.7 Å². The van der Waals surface area contributed by atoms with Gasteiger partial charge in [0.25, 0.3) is 5.91 Å². The van der Waals surface area contributed by atoms with Crippen LogP contribution in [0.25, 0.3) is 0 Å². The van der Waals surface area contributed by atoms with E-state index in [1.54, 1.807) is 12.1 Å². The molecule has 0 aliphatic carbocycles. The Labute approximate surface area is 173 Å². The van der Waals surface area contributed by atoms with Gasteiger partial charge in [-0.1, -0.05) is 35.5 Å². The van der Waals surface area contributed by atoms with Crippen LogP contribution in [0.5, 0.6) is 11.5 Å². The van der Waals surface area contributed by atoms with Crippen LogP contribution < -0.4 is 14.8 Å². The summed E-state index contributed by atoms with van der Waals surface area (Å²) in [5, 5.41) is 6.59. The predicted molar refractivity (Wildman–Crippen MR) is 114 cm³/mol. The largest absolute Gasteiger partial charge is 0.490 e. The van der Waals surface area contributed by atoms with E-state index in [2.05, 4.69) is 33.0 Å². The van der Waals surface area contributed by atoms with Crippen molar-refractivity contribution in [1.29, 1.82) is 0 Å². The highest BCUT2D eigenvalue weighted by molar-refractivity contribution is 9.10. The molecule has 2 aromatic rings. The van der Waals surface area contributed by atoms with Crippen molar-refractivity contribution in [3.63, 3.8) is 0 Å². The summed E-state index contributed by atoms with van der Waals surface area (Å²) in [5.41, 5.74) is 2.57. The number of benzene rings is 2. The average molecular weight is 447 g/mol. The van der Waals surface area contributed by atoms with Crippen molar-refractivity contribution in [2.24, 2.45) is 5.16 Å². The molecule has 1 amide bonds. The van der Waals surface area contributed by atoms with Gasteiger partial charge in [-0.3, -0.25) is 4.79 Å². The second-order valence-corrected chi connectivity index (χ2v) is 6.64. The number of rotatable bonds is 10. The van der Waals surface area contributed by atoms with E-state index in [1.165, 1.54) is 6.21 Å². The third-order valence-electron chi connectivity index (χ3n) is 3.48. The summed E-state index contributed by atoms with van der Waals surface area (Å²) in [5.74, 6) is 0.889. The van der Waals surface area contributed by atoms with Gasteiger partial charge in [0.1, 0.15) is 6.61 Å². The molecule has 1 N–H and O–H groups in total. The van der Waals surface area contributed by atoms with E-state index in [0.717, 1.165) is 15.6 Å². The topological polar surface area (TPSA) is 69.2 Å². The lowest BCUT2D eigenvalue weighted by molar-refractivity contribution is -0.120. The van der Waals surface area contributed by atoms with E-state index >= 15 is 0 Å². The fraction of sp³-hybridized carbons (Fsp3) is 0.238. The molecule has 148 valence electrons. The van der Waals surface area contributed by atoms with E-state index in [9.17, 15) is 4.79 Å². The van der Waals surface area contributed by atoms with Crippen LogP contribution in [-0.4, -0.2) is 31.9 Å². The van der Waals surface area contributed by atoms with E-state index in [-0.39, 0.29) is 12.5 Å². The molecule has 0 saturated carbocycles. The molecule has 0 atom stereocenters. The second kappa shape index (κ2) is 11.1. The van der Waals surface area contributed by atoms with Gasteiger partial charge in [0.2, 0.25) is 0 Å². The molecule has 0 unspecified atom stereocenters. The fourth-order valence-electron chi connectivity index (χ4n) is 2.24. The molecule has 0 aromatic heterocycles. The number of carbonyl (C=O) groups is 1. The van der Waals surface area contributed by atoms with Gasteiger partial charge in [0.05, 0.1) is 17.3 Å². The Morgan fingerprint density at radius 1 is 1.25 bits per heavy atom. The molecule has 6 nitrogen and oxygen atoms in total. The molecule has 0 bridgehead atoms. The van der Waals surface area contributed by atoms with Crippen molar-refractivity contribution >= 4 is 33.7 Å². The van der Waals surface area contributed by atoms with Gasteiger partial charge in [-0.05, 0) is 54.0 Å². The van der Waals surface area contributed by atoms with Crippen LogP contribution in [-0.2, 0) is 9.63 Å². The molecule has 2 aromatic carbocycles. The Morgan fingerprint density at radius 2 is 2.00 bits per heavy atom. The normalized spacial score (nSPS) is 10.5. The molecule has 0 saturated heterocycles. The van der Waals surface area contributed by atoms with Crippen LogP contribution in [0.3, 0.4) is 0 Å². The zero-order chi connectivity index (χ0) is 20.4. The number of nitrogens with zero attached hydrogens (tertiary/aromatic N) is 1. The molecule has 0 fully saturated rings. The van der Waals surface area contributed by atoms with Gasteiger partial charge >= 0.3 is 0 Å². The Bertz CT molecular complexity index is 835. The number of ether oxygens (including phenoxy) is 2. The third kappa shape index (κ3) is 6.74. The van der Waals surface area contributed by atoms with Crippen LogP contribution >= 0.6 is 15.9 Å². The van der Waals surface area contributed by atoms with E-state index in [0.29, 0.717) is 30.4 Å². The molecule has 0 radical (unpaired) electrons. The molecule has 2 rings (SSSR count). The maximum atomic E-state index is 11.9. The Balaban J connectivity index is 1.94.